The van der Waals surface area contributed by atoms with Crippen LogP contribution in [0.3, 0.4) is 0 Å². The average molecular weight is 458 g/mol. The number of nitrogens with one attached hydrogen (secondary N) is 1. The molecule has 2 aromatic carbocycles. The summed E-state index contributed by atoms with van der Waals surface area (Å²) in [5, 5.41) is 4.23. The minimum Gasteiger partial charge on any atom is -0.354 e. The number of benzene rings is 2. The number of hydrogen-bond donors (Lipinski definition) is 1. The largest absolute Gasteiger partial charge is 0.354 e. The van der Waals surface area contributed by atoms with Gasteiger partial charge in [0.2, 0.25) is 0 Å². The molecule has 0 unspecified atom stereocenters. The number of halogens is 3. The van der Waals surface area contributed by atoms with Crippen LogP contribution in [-0.2, 0) is 0 Å². The van der Waals surface area contributed by atoms with E-state index in [1.54, 1.807) is 12.1 Å². The van der Waals surface area contributed by atoms with E-state index in [1.807, 2.05) is 36.1 Å². The van der Waals surface area contributed by atoms with Crippen LogP contribution in [-0.4, -0.2) is 28.9 Å². The second-order valence-corrected chi connectivity index (χ2v) is 8.51. The highest BCUT2D eigenvalue weighted by molar-refractivity contribution is 6.31. The summed E-state index contributed by atoms with van der Waals surface area (Å²) in [5.41, 5.74) is 3.69. The van der Waals surface area contributed by atoms with Gasteiger partial charge in [-0.2, -0.15) is 0 Å². The predicted octanol–water partition coefficient (Wildman–Crippen LogP) is 6.60. The first-order valence-corrected chi connectivity index (χ1v) is 10.9. The highest BCUT2D eigenvalue weighted by Gasteiger charge is 2.27. The number of piperidine rings is 1. The first kappa shape index (κ1) is 21.6. The molecule has 0 saturated carbocycles. The van der Waals surface area contributed by atoms with Crippen molar-refractivity contribution in [2.24, 2.45) is 0 Å². The van der Waals surface area contributed by atoms with Crippen molar-refractivity contribution in [1.82, 2.24) is 9.88 Å². The molecule has 7 heteroatoms. The first-order valence-electron chi connectivity index (χ1n) is 10.1. The molecule has 4 nitrogen and oxygen atoms in total. The molecule has 1 N–H and O–H groups in total. The fourth-order valence-corrected chi connectivity index (χ4v) is 4.28. The minimum atomic E-state index is -0.235. The molecule has 0 atom stereocenters. The van der Waals surface area contributed by atoms with Crippen molar-refractivity contribution in [1.29, 1.82) is 0 Å². The number of aromatic nitrogens is 1. The van der Waals surface area contributed by atoms with Crippen LogP contribution in [0.15, 0.2) is 54.7 Å². The van der Waals surface area contributed by atoms with Gasteiger partial charge in [0.25, 0.3) is 5.91 Å². The van der Waals surface area contributed by atoms with Crippen molar-refractivity contribution in [2.45, 2.75) is 25.7 Å². The molecule has 31 heavy (non-hydrogen) atoms. The van der Waals surface area contributed by atoms with Gasteiger partial charge in [0.1, 0.15) is 11.0 Å². The summed E-state index contributed by atoms with van der Waals surface area (Å²) in [6.45, 7) is 3.08. The van der Waals surface area contributed by atoms with E-state index < -0.39 is 0 Å². The molecule has 3 aromatic rings. The van der Waals surface area contributed by atoms with Gasteiger partial charge in [-0.25, -0.2) is 9.37 Å². The number of amides is 1. The quantitative estimate of drug-likeness (QED) is 0.448. The van der Waals surface area contributed by atoms with Gasteiger partial charge in [-0.1, -0.05) is 41.4 Å². The topological polar surface area (TPSA) is 45.2 Å². The van der Waals surface area contributed by atoms with Gasteiger partial charge in [0.05, 0.1) is 11.3 Å². The molecule has 1 aliphatic rings. The Morgan fingerprint density at radius 2 is 1.84 bits per heavy atom. The molecule has 1 amide bonds. The smallest absolute Gasteiger partial charge is 0.257 e. The molecule has 1 saturated heterocycles. The van der Waals surface area contributed by atoms with Crippen molar-refractivity contribution in [3.05, 3.63) is 87.4 Å². The fourth-order valence-electron chi connectivity index (χ4n) is 3.94. The van der Waals surface area contributed by atoms with Crippen molar-refractivity contribution < 1.29 is 9.18 Å². The monoisotopic (exact) mass is 457 g/mol. The van der Waals surface area contributed by atoms with Gasteiger partial charge in [-0.3, -0.25) is 4.79 Å². The zero-order chi connectivity index (χ0) is 22.0. The maximum atomic E-state index is 13.4. The van der Waals surface area contributed by atoms with Crippen molar-refractivity contribution in [2.75, 3.05) is 18.4 Å². The normalized spacial score (nSPS) is 14.5. The number of carbonyl (C=O) groups excluding carboxylic acids is 1. The van der Waals surface area contributed by atoms with E-state index in [2.05, 4.69) is 10.3 Å². The summed E-state index contributed by atoms with van der Waals surface area (Å²) < 4.78 is 13.2. The summed E-state index contributed by atoms with van der Waals surface area (Å²) in [4.78, 5) is 19.4. The zero-order valence-corrected chi connectivity index (χ0v) is 18.6. The number of carbonyl (C=O) groups is 1. The average Bonchev–Trinajstić information content (AvgIpc) is 2.77. The molecule has 1 aliphatic heterocycles. The maximum absolute atomic E-state index is 13.4. The van der Waals surface area contributed by atoms with Gasteiger partial charge in [0, 0.05) is 35.6 Å². The molecular formula is C24H22Cl2FN3O. The zero-order valence-electron chi connectivity index (χ0n) is 17.0. The lowest BCUT2D eigenvalue weighted by molar-refractivity contribution is 0.0713. The Morgan fingerprint density at radius 3 is 2.52 bits per heavy atom. The molecule has 4 rings (SSSR count). The minimum absolute atomic E-state index is 0.0886. The van der Waals surface area contributed by atoms with E-state index in [9.17, 15) is 9.18 Å². The first-order chi connectivity index (χ1) is 14.9. The van der Waals surface area contributed by atoms with E-state index in [0.29, 0.717) is 46.0 Å². The third kappa shape index (κ3) is 4.83. The van der Waals surface area contributed by atoms with Crippen LogP contribution in [0.1, 0.15) is 40.2 Å². The molecular weight excluding hydrogens is 436 g/mol. The second kappa shape index (κ2) is 9.25. The molecule has 1 fully saturated rings. The number of rotatable bonds is 4. The van der Waals surface area contributed by atoms with Gasteiger partial charge in [-0.05, 0) is 61.6 Å². The SMILES string of the molecule is Cc1c(Cl)ncc(C(=O)N2CCC(c3ccc(F)cc3)CC2)c1Nc1cccc(Cl)c1. The number of nitrogens with zero attached hydrogens (tertiary/aromatic N) is 2. The summed E-state index contributed by atoms with van der Waals surface area (Å²) in [7, 11) is 0. The van der Waals surface area contributed by atoms with Crippen LogP contribution >= 0.6 is 23.2 Å². The van der Waals surface area contributed by atoms with Crippen LogP contribution in [0.25, 0.3) is 0 Å². The second-order valence-electron chi connectivity index (χ2n) is 7.72. The number of hydrogen-bond acceptors (Lipinski definition) is 3. The molecule has 160 valence electrons. The standard InChI is InChI=1S/C24H22Cl2FN3O/c1-15-22(29-20-4-2-3-18(25)13-20)21(14-28-23(15)26)24(31)30-11-9-17(10-12-30)16-5-7-19(27)8-6-16/h2-8,13-14,17H,9-12H2,1H3,(H,28,29). The Hall–Kier alpha value is -2.63. The lowest BCUT2D eigenvalue weighted by Crippen LogP contribution is -2.38. The Kier molecular flexibility index (Phi) is 6.44. The summed E-state index contributed by atoms with van der Waals surface area (Å²) >= 11 is 12.3. The molecule has 0 spiro atoms. The molecule has 1 aromatic heterocycles. The summed E-state index contributed by atoms with van der Waals surface area (Å²) in [5.74, 6) is -0.00478. The van der Waals surface area contributed by atoms with Crippen LogP contribution in [0.2, 0.25) is 10.2 Å². The number of anilines is 2. The summed E-state index contributed by atoms with van der Waals surface area (Å²) in [6, 6.07) is 13.9. The molecule has 0 bridgehead atoms. The molecule has 2 heterocycles. The fraction of sp³-hybridized carbons (Fsp3) is 0.250. The van der Waals surface area contributed by atoms with Crippen molar-refractivity contribution in [3.8, 4) is 0 Å². The van der Waals surface area contributed by atoms with E-state index in [4.69, 9.17) is 23.2 Å². The third-order valence-electron chi connectivity index (χ3n) is 5.71. The van der Waals surface area contributed by atoms with Gasteiger partial charge < -0.3 is 10.2 Å². The van der Waals surface area contributed by atoms with Crippen molar-refractivity contribution in [3.63, 3.8) is 0 Å². The number of likely N-dealkylation sites (tertiary alicyclic amines) is 1. The molecule has 0 radical (unpaired) electrons. The maximum Gasteiger partial charge on any atom is 0.257 e. The highest BCUT2D eigenvalue weighted by atomic mass is 35.5. The summed E-state index contributed by atoms with van der Waals surface area (Å²) in [6.07, 6.45) is 3.18. The van der Waals surface area contributed by atoms with Gasteiger partial charge in [0.15, 0.2) is 0 Å². The Morgan fingerprint density at radius 1 is 1.13 bits per heavy atom. The van der Waals surface area contributed by atoms with Crippen LogP contribution in [0.4, 0.5) is 15.8 Å². The number of pyridine rings is 1. The van der Waals surface area contributed by atoms with Gasteiger partial charge in [-0.15, -0.1) is 0 Å². The highest BCUT2D eigenvalue weighted by Crippen LogP contribution is 2.33. The molecule has 0 aliphatic carbocycles. The Balaban J connectivity index is 1.53. The Bertz CT molecular complexity index is 1100. The lowest BCUT2D eigenvalue weighted by atomic mass is 9.89. The van der Waals surface area contributed by atoms with E-state index in [0.717, 1.165) is 24.1 Å². The van der Waals surface area contributed by atoms with Crippen LogP contribution in [0.5, 0.6) is 0 Å². The van der Waals surface area contributed by atoms with E-state index in [-0.39, 0.29) is 11.7 Å². The van der Waals surface area contributed by atoms with Crippen LogP contribution in [0, 0.1) is 12.7 Å². The predicted molar refractivity (Wildman–Crippen MR) is 123 cm³/mol. The van der Waals surface area contributed by atoms with E-state index in [1.165, 1.54) is 18.3 Å². The van der Waals surface area contributed by atoms with E-state index >= 15 is 0 Å². The van der Waals surface area contributed by atoms with Crippen LogP contribution < -0.4 is 5.32 Å². The Labute approximate surface area is 191 Å². The lowest BCUT2D eigenvalue weighted by Gasteiger charge is -2.33. The van der Waals surface area contributed by atoms with Crippen molar-refractivity contribution >= 4 is 40.5 Å². The third-order valence-corrected chi connectivity index (χ3v) is 6.32. The van der Waals surface area contributed by atoms with Gasteiger partial charge >= 0.3 is 0 Å².